The summed E-state index contributed by atoms with van der Waals surface area (Å²) >= 11 is 4.39. The van der Waals surface area contributed by atoms with E-state index in [1.54, 1.807) is 20.8 Å². The van der Waals surface area contributed by atoms with Crippen molar-refractivity contribution in [1.82, 2.24) is 5.32 Å². The molecule has 0 aliphatic carbocycles. The van der Waals surface area contributed by atoms with Crippen LogP contribution in [0.1, 0.15) is 48.8 Å². The smallest absolute Gasteiger partial charge is 0.408 e. The number of alkyl carbamates (subject to hydrolysis) is 1. The molecular formula is C20H27BrF2N2O5S. The predicted molar refractivity (Wildman–Crippen MR) is 116 cm³/mol. The zero-order valence-electron chi connectivity index (χ0n) is 17.9. The first-order valence-corrected chi connectivity index (χ1v) is 11.6. The molecule has 1 aromatic heterocycles. The van der Waals surface area contributed by atoms with Gasteiger partial charge in [0.1, 0.15) is 10.5 Å². The number of halogens is 3. The molecule has 1 amide bonds. The number of carbonyl (C=O) groups is 2. The number of alkyl halides is 2. The summed E-state index contributed by atoms with van der Waals surface area (Å²) in [5.74, 6) is -3.58. The van der Waals surface area contributed by atoms with Crippen molar-refractivity contribution in [2.24, 2.45) is 0 Å². The standard InChI is InChI=1S/C20H27BrF2N2O5S/c1-19(2,3)30-18(27)24-12(13-6-5-7-29-13)9-25-10-20(22,23)8-11-14(25)15(17(26)28-4)31-16(11)21/h12-13H,5-10H2,1-4H3,(H,24,27)/t12-,13-/m1/s1. The van der Waals surface area contributed by atoms with Crippen LogP contribution in [-0.4, -0.2) is 62.5 Å². The van der Waals surface area contributed by atoms with E-state index in [1.807, 2.05) is 0 Å². The third kappa shape index (κ3) is 5.87. The van der Waals surface area contributed by atoms with Gasteiger partial charge >= 0.3 is 12.1 Å². The molecule has 0 bridgehead atoms. The van der Waals surface area contributed by atoms with Crippen LogP contribution in [0.4, 0.5) is 19.3 Å². The van der Waals surface area contributed by atoms with Gasteiger partial charge in [-0.3, -0.25) is 0 Å². The number of amides is 1. The molecule has 1 fully saturated rings. The number of rotatable bonds is 5. The number of hydrogen-bond acceptors (Lipinski definition) is 7. The minimum absolute atomic E-state index is 0.0413. The van der Waals surface area contributed by atoms with Gasteiger partial charge in [-0.25, -0.2) is 18.4 Å². The Morgan fingerprint density at radius 3 is 2.71 bits per heavy atom. The highest BCUT2D eigenvalue weighted by Crippen LogP contribution is 2.46. The first-order chi connectivity index (χ1) is 14.4. The maximum absolute atomic E-state index is 14.6. The number of thiophene rings is 1. The summed E-state index contributed by atoms with van der Waals surface area (Å²) in [6.07, 6.45) is 0.0497. The monoisotopic (exact) mass is 524 g/mol. The van der Waals surface area contributed by atoms with E-state index in [2.05, 4.69) is 21.2 Å². The molecule has 7 nitrogen and oxygen atoms in total. The Bertz CT molecular complexity index is 836. The number of nitrogens with zero attached hydrogens (tertiary/aromatic N) is 1. The Kier molecular flexibility index (Phi) is 7.17. The maximum Gasteiger partial charge on any atom is 0.408 e. The summed E-state index contributed by atoms with van der Waals surface area (Å²) in [7, 11) is 1.25. The number of hydrogen-bond donors (Lipinski definition) is 1. The number of anilines is 1. The Labute approximate surface area is 192 Å². The van der Waals surface area contributed by atoms with Gasteiger partial charge in [-0.2, -0.15) is 0 Å². The van der Waals surface area contributed by atoms with Gasteiger partial charge in [-0.15, -0.1) is 11.3 Å². The SMILES string of the molecule is COC(=O)c1sc(Br)c2c1N(C[C@@H](NC(=O)OC(C)(C)C)[C@H]1CCCO1)CC(F)(F)C2. The highest BCUT2D eigenvalue weighted by atomic mass is 79.9. The average Bonchev–Trinajstić information content (AvgIpc) is 3.27. The molecule has 1 saturated heterocycles. The number of carbonyl (C=O) groups excluding carboxylic acids is 2. The summed E-state index contributed by atoms with van der Waals surface area (Å²) in [6, 6.07) is -0.594. The van der Waals surface area contributed by atoms with Gasteiger partial charge in [0.05, 0.1) is 35.3 Å². The number of ether oxygens (including phenoxy) is 3. The van der Waals surface area contributed by atoms with E-state index in [0.717, 1.165) is 17.8 Å². The molecule has 0 radical (unpaired) electrons. The zero-order valence-corrected chi connectivity index (χ0v) is 20.3. The minimum Gasteiger partial charge on any atom is -0.465 e. The molecule has 0 unspecified atom stereocenters. The third-order valence-corrected chi connectivity index (χ3v) is 6.96. The third-order valence-electron chi connectivity index (χ3n) is 5.01. The van der Waals surface area contributed by atoms with Gasteiger partial charge in [0.2, 0.25) is 0 Å². The van der Waals surface area contributed by atoms with Crippen LogP contribution in [-0.2, 0) is 20.6 Å². The molecule has 0 spiro atoms. The second kappa shape index (κ2) is 9.19. The van der Waals surface area contributed by atoms with Crippen molar-refractivity contribution in [2.75, 3.05) is 31.7 Å². The van der Waals surface area contributed by atoms with Crippen molar-refractivity contribution in [3.05, 3.63) is 14.2 Å². The van der Waals surface area contributed by atoms with E-state index < -0.39 is 42.6 Å². The molecule has 174 valence electrons. The minimum atomic E-state index is -2.99. The number of methoxy groups -OCH3 is 1. The van der Waals surface area contributed by atoms with Crippen LogP contribution in [0.2, 0.25) is 0 Å². The summed E-state index contributed by atoms with van der Waals surface area (Å²) in [5.41, 5.74) is 0.0842. The molecule has 2 aliphatic rings. The lowest BCUT2D eigenvalue weighted by molar-refractivity contribution is 0.00284. The van der Waals surface area contributed by atoms with Crippen molar-refractivity contribution >= 4 is 45.0 Å². The summed E-state index contributed by atoms with van der Waals surface area (Å²) in [6.45, 7) is 5.24. The van der Waals surface area contributed by atoms with Gasteiger partial charge < -0.3 is 24.4 Å². The van der Waals surface area contributed by atoms with Crippen molar-refractivity contribution in [1.29, 1.82) is 0 Å². The van der Waals surface area contributed by atoms with Crippen LogP contribution in [0.25, 0.3) is 0 Å². The Morgan fingerprint density at radius 2 is 2.13 bits per heavy atom. The topological polar surface area (TPSA) is 77.1 Å². The highest BCUT2D eigenvalue weighted by Gasteiger charge is 2.44. The van der Waals surface area contributed by atoms with E-state index in [-0.39, 0.29) is 17.5 Å². The molecule has 3 rings (SSSR count). The first kappa shape index (κ1) is 24.2. The number of nitrogens with one attached hydrogen (secondary N) is 1. The van der Waals surface area contributed by atoms with Crippen molar-refractivity contribution in [3.63, 3.8) is 0 Å². The Morgan fingerprint density at radius 1 is 1.42 bits per heavy atom. The maximum atomic E-state index is 14.6. The van der Waals surface area contributed by atoms with Crippen molar-refractivity contribution in [2.45, 2.75) is 63.7 Å². The lowest BCUT2D eigenvalue weighted by Crippen LogP contribution is -2.54. The van der Waals surface area contributed by atoms with Crippen LogP contribution in [0.15, 0.2) is 3.79 Å². The lowest BCUT2D eigenvalue weighted by atomic mass is 9.99. The fourth-order valence-corrected chi connectivity index (χ4v) is 5.65. The van der Waals surface area contributed by atoms with E-state index in [1.165, 1.54) is 12.0 Å². The van der Waals surface area contributed by atoms with E-state index in [9.17, 15) is 18.4 Å². The molecule has 1 aromatic rings. The summed E-state index contributed by atoms with van der Waals surface area (Å²) in [4.78, 5) is 26.5. The molecule has 1 N–H and O–H groups in total. The number of fused-ring (bicyclic) bond motifs is 1. The van der Waals surface area contributed by atoms with Crippen LogP contribution in [0.5, 0.6) is 0 Å². The fourth-order valence-electron chi connectivity index (χ4n) is 3.85. The van der Waals surface area contributed by atoms with Gasteiger partial charge in [-0.1, -0.05) is 0 Å². The largest absolute Gasteiger partial charge is 0.465 e. The van der Waals surface area contributed by atoms with E-state index in [4.69, 9.17) is 14.2 Å². The van der Waals surface area contributed by atoms with E-state index >= 15 is 0 Å². The Balaban J connectivity index is 1.91. The normalized spacial score (nSPS) is 21.4. The van der Waals surface area contributed by atoms with Gasteiger partial charge in [0.15, 0.2) is 0 Å². The molecular weight excluding hydrogens is 498 g/mol. The highest BCUT2D eigenvalue weighted by molar-refractivity contribution is 9.11. The summed E-state index contributed by atoms with van der Waals surface area (Å²) in [5, 5.41) is 2.79. The van der Waals surface area contributed by atoms with Crippen LogP contribution in [0.3, 0.4) is 0 Å². The van der Waals surface area contributed by atoms with Gasteiger partial charge in [0, 0.05) is 25.1 Å². The first-order valence-electron chi connectivity index (χ1n) is 10.0. The Hall–Kier alpha value is -1.46. The molecule has 2 aliphatic heterocycles. The second-order valence-corrected chi connectivity index (χ2v) is 11.1. The fraction of sp³-hybridized carbons (Fsp3) is 0.700. The molecule has 3 heterocycles. The zero-order chi connectivity index (χ0) is 23.0. The van der Waals surface area contributed by atoms with Crippen LogP contribution < -0.4 is 10.2 Å². The van der Waals surface area contributed by atoms with Crippen molar-refractivity contribution < 1.29 is 32.6 Å². The molecule has 0 aromatic carbocycles. The van der Waals surface area contributed by atoms with Gasteiger partial charge in [-0.05, 0) is 49.5 Å². The van der Waals surface area contributed by atoms with Crippen LogP contribution >= 0.6 is 27.3 Å². The van der Waals surface area contributed by atoms with Crippen LogP contribution in [0, 0.1) is 0 Å². The van der Waals surface area contributed by atoms with Crippen molar-refractivity contribution in [3.8, 4) is 0 Å². The summed E-state index contributed by atoms with van der Waals surface area (Å²) < 4.78 is 45.6. The predicted octanol–water partition coefficient (Wildman–Crippen LogP) is 4.37. The molecule has 2 atom stereocenters. The lowest BCUT2D eigenvalue weighted by Gasteiger charge is -2.38. The average molecular weight is 525 g/mol. The molecule has 0 saturated carbocycles. The molecule has 31 heavy (non-hydrogen) atoms. The quantitative estimate of drug-likeness (QED) is 0.576. The second-order valence-electron chi connectivity index (χ2n) is 8.74. The van der Waals surface area contributed by atoms with Gasteiger partial charge in [0.25, 0.3) is 5.92 Å². The number of esters is 1. The molecule has 11 heteroatoms. The van der Waals surface area contributed by atoms with E-state index in [0.29, 0.717) is 28.1 Å².